The largest absolute Gasteiger partial charge is 0.508 e. The van der Waals surface area contributed by atoms with Crippen molar-refractivity contribution in [3.8, 4) is 5.75 Å². The molecule has 1 aliphatic carbocycles. The van der Waals surface area contributed by atoms with E-state index in [1.165, 1.54) is 32.1 Å². The lowest BCUT2D eigenvalue weighted by Gasteiger charge is -2.28. The van der Waals surface area contributed by atoms with E-state index in [0.29, 0.717) is 11.8 Å². The molecule has 1 aliphatic rings. The van der Waals surface area contributed by atoms with E-state index in [1.807, 2.05) is 12.1 Å². The lowest BCUT2D eigenvalue weighted by Crippen LogP contribution is -2.34. The molecule has 0 radical (unpaired) electrons. The summed E-state index contributed by atoms with van der Waals surface area (Å²) >= 11 is 0. The molecule has 1 aromatic rings. The quantitative estimate of drug-likeness (QED) is 0.835. The van der Waals surface area contributed by atoms with Gasteiger partial charge in [-0.15, -0.1) is 0 Å². The molecule has 94 valence electrons. The molecule has 1 unspecified atom stereocenters. The van der Waals surface area contributed by atoms with E-state index in [4.69, 9.17) is 0 Å². The molecule has 1 atom stereocenters. The molecule has 2 rings (SSSR count). The van der Waals surface area contributed by atoms with Crippen LogP contribution in [0.4, 0.5) is 0 Å². The molecule has 1 aromatic carbocycles. The van der Waals surface area contributed by atoms with Crippen LogP contribution in [0.2, 0.25) is 0 Å². The van der Waals surface area contributed by atoms with E-state index in [0.717, 1.165) is 18.0 Å². The molecule has 1 fully saturated rings. The summed E-state index contributed by atoms with van der Waals surface area (Å²) < 4.78 is 0. The minimum atomic E-state index is 0.356. The lowest BCUT2D eigenvalue weighted by atomic mass is 9.84. The van der Waals surface area contributed by atoms with Crippen LogP contribution in [0.25, 0.3) is 0 Å². The molecule has 0 aromatic heterocycles. The molecular formula is C15H23NO. The zero-order valence-corrected chi connectivity index (χ0v) is 10.7. The Hall–Kier alpha value is -1.02. The summed E-state index contributed by atoms with van der Waals surface area (Å²) in [7, 11) is 0. The van der Waals surface area contributed by atoms with Crippen LogP contribution < -0.4 is 5.32 Å². The van der Waals surface area contributed by atoms with Gasteiger partial charge in [-0.1, -0.05) is 31.4 Å². The maximum Gasteiger partial charge on any atom is 0.115 e. The summed E-state index contributed by atoms with van der Waals surface area (Å²) in [5.41, 5.74) is 1.16. The predicted molar refractivity (Wildman–Crippen MR) is 71.0 cm³/mol. The second-order valence-electron chi connectivity index (χ2n) is 5.24. The van der Waals surface area contributed by atoms with Crippen LogP contribution in [0.3, 0.4) is 0 Å². The highest BCUT2D eigenvalue weighted by Crippen LogP contribution is 2.26. The highest BCUT2D eigenvalue weighted by molar-refractivity contribution is 5.26. The van der Waals surface area contributed by atoms with E-state index >= 15 is 0 Å². The smallest absolute Gasteiger partial charge is 0.115 e. The first-order valence-electron chi connectivity index (χ1n) is 6.77. The van der Waals surface area contributed by atoms with Crippen LogP contribution in [0.5, 0.6) is 5.75 Å². The monoisotopic (exact) mass is 233 g/mol. The number of rotatable bonds is 4. The van der Waals surface area contributed by atoms with Gasteiger partial charge in [0.25, 0.3) is 0 Å². The summed E-state index contributed by atoms with van der Waals surface area (Å²) in [4.78, 5) is 0. The van der Waals surface area contributed by atoms with Crippen LogP contribution in [-0.2, 0) is 6.54 Å². The Morgan fingerprint density at radius 3 is 2.76 bits per heavy atom. The van der Waals surface area contributed by atoms with E-state index in [-0.39, 0.29) is 0 Å². The van der Waals surface area contributed by atoms with Crippen molar-refractivity contribution < 1.29 is 5.11 Å². The lowest BCUT2D eigenvalue weighted by molar-refractivity contribution is 0.280. The van der Waals surface area contributed by atoms with E-state index in [1.54, 1.807) is 6.07 Å². The normalized spacial score (nSPS) is 19.1. The minimum absolute atomic E-state index is 0.356. The Kier molecular flexibility index (Phi) is 4.43. The van der Waals surface area contributed by atoms with Crippen molar-refractivity contribution >= 4 is 0 Å². The van der Waals surface area contributed by atoms with E-state index in [9.17, 15) is 5.11 Å². The second kappa shape index (κ2) is 6.06. The van der Waals surface area contributed by atoms with Gasteiger partial charge in [-0.05, 0) is 43.4 Å². The zero-order valence-electron chi connectivity index (χ0n) is 10.7. The number of phenolic OH excluding ortho intramolecular Hbond substituents is 1. The standard InChI is InChI=1S/C15H23NO/c1-12(14-7-3-2-4-8-14)16-11-13-6-5-9-15(17)10-13/h5-6,9-10,12,14,16-17H,2-4,7-8,11H2,1H3. The average Bonchev–Trinajstić information content (AvgIpc) is 2.37. The first-order chi connectivity index (χ1) is 8.25. The molecule has 2 nitrogen and oxygen atoms in total. The SMILES string of the molecule is CC(NCc1cccc(O)c1)C1CCCCC1. The minimum Gasteiger partial charge on any atom is -0.508 e. The van der Waals surface area contributed by atoms with Crippen LogP contribution in [0.1, 0.15) is 44.6 Å². The average molecular weight is 233 g/mol. The summed E-state index contributed by atoms with van der Waals surface area (Å²) in [6, 6.07) is 8.09. The van der Waals surface area contributed by atoms with Gasteiger partial charge in [-0.25, -0.2) is 0 Å². The number of nitrogens with one attached hydrogen (secondary N) is 1. The van der Waals surface area contributed by atoms with Gasteiger partial charge in [0.1, 0.15) is 5.75 Å². The van der Waals surface area contributed by atoms with Crippen molar-refractivity contribution in [1.82, 2.24) is 5.32 Å². The maximum atomic E-state index is 9.40. The van der Waals surface area contributed by atoms with Gasteiger partial charge in [0, 0.05) is 12.6 Å². The predicted octanol–water partition coefficient (Wildman–Crippen LogP) is 3.45. The van der Waals surface area contributed by atoms with Gasteiger partial charge >= 0.3 is 0 Å². The third kappa shape index (κ3) is 3.74. The number of hydrogen-bond donors (Lipinski definition) is 2. The third-order valence-corrected chi connectivity index (χ3v) is 3.90. The Balaban J connectivity index is 1.80. The van der Waals surface area contributed by atoms with Crippen molar-refractivity contribution in [3.63, 3.8) is 0 Å². The van der Waals surface area contributed by atoms with Crippen molar-refractivity contribution in [2.75, 3.05) is 0 Å². The van der Waals surface area contributed by atoms with Gasteiger partial charge in [-0.2, -0.15) is 0 Å². The second-order valence-corrected chi connectivity index (χ2v) is 5.24. The number of aromatic hydroxyl groups is 1. The van der Waals surface area contributed by atoms with E-state index in [2.05, 4.69) is 18.3 Å². The number of phenols is 1. The number of hydrogen-bond acceptors (Lipinski definition) is 2. The van der Waals surface area contributed by atoms with Crippen LogP contribution >= 0.6 is 0 Å². The van der Waals surface area contributed by atoms with Gasteiger partial charge in [0.05, 0.1) is 0 Å². The van der Waals surface area contributed by atoms with Crippen molar-refractivity contribution in [3.05, 3.63) is 29.8 Å². The van der Waals surface area contributed by atoms with Gasteiger partial charge in [0.2, 0.25) is 0 Å². The fourth-order valence-electron chi connectivity index (χ4n) is 2.75. The maximum absolute atomic E-state index is 9.40. The third-order valence-electron chi connectivity index (χ3n) is 3.90. The van der Waals surface area contributed by atoms with Crippen LogP contribution in [0.15, 0.2) is 24.3 Å². The molecule has 17 heavy (non-hydrogen) atoms. The Bertz CT molecular complexity index is 345. The zero-order chi connectivity index (χ0) is 12.1. The molecule has 1 saturated carbocycles. The molecule has 0 spiro atoms. The Morgan fingerprint density at radius 2 is 2.06 bits per heavy atom. The Morgan fingerprint density at radius 1 is 1.29 bits per heavy atom. The van der Waals surface area contributed by atoms with E-state index < -0.39 is 0 Å². The molecule has 0 amide bonds. The summed E-state index contributed by atoms with van der Waals surface area (Å²) in [5, 5.41) is 13.0. The highest BCUT2D eigenvalue weighted by Gasteiger charge is 2.19. The summed E-state index contributed by atoms with van der Waals surface area (Å²) in [5.74, 6) is 1.19. The van der Waals surface area contributed by atoms with Crippen molar-refractivity contribution in [2.45, 2.75) is 51.6 Å². The molecule has 2 N–H and O–H groups in total. The topological polar surface area (TPSA) is 32.3 Å². The Labute approximate surface area is 104 Å². The van der Waals surface area contributed by atoms with Crippen LogP contribution in [-0.4, -0.2) is 11.1 Å². The first-order valence-corrected chi connectivity index (χ1v) is 6.77. The van der Waals surface area contributed by atoms with Crippen molar-refractivity contribution in [1.29, 1.82) is 0 Å². The summed E-state index contributed by atoms with van der Waals surface area (Å²) in [6.45, 7) is 3.14. The molecule has 0 heterocycles. The highest BCUT2D eigenvalue weighted by atomic mass is 16.3. The number of benzene rings is 1. The molecule has 0 saturated heterocycles. The summed E-state index contributed by atoms with van der Waals surface area (Å²) in [6.07, 6.45) is 6.93. The van der Waals surface area contributed by atoms with Crippen molar-refractivity contribution in [2.24, 2.45) is 5.92 Å². The fourth-order valence-corrected chi connectivity index (χ4v) is 2.75. The molecule has 0 aliphatic heterocycles. The molecule has 0 bridgehead atoms. The van der Waals surface area contributed by atoms with Crippen LogP contribution in [0, 0.1) is 5.92 Å². The first kappa shape index (κ1) is 12.4. The molecular weight excluding hydrogens is 210 g/mol. The van der Waals surface area contributed by atoms with Gasteiger partial charge < -0.3 is 10.4 Å². The molecule has 2 heteroatoms. The fraction of sp³-hybridized carbons (Fsp3) is 0.600. The van der Waals surface area contributed by atoms with Gasteiger partial charge in [-0.3, -0.25) is 0 Å². The van der Waals surface area contributed by atoms with Gasteiger partial charge in [0.15, 0.2) is 0 Å².